The molecule has 4 heterocycles. The van der Waals surface area contributed by atoms with Crippen molar-refractivity contribution in [3.63, 3.8) is 0 Å². The predicted molar refractivity (Wildman–Crippen MR) is 114 cm³/mol. The lowest BCUT2D eigenvalue weighted by Crippen LogP contribution is -2.31. The van der Waals surface area contributed by atoms with Crippen molar-refractivity contribution in [1.29, 1.82) is 0 Å². The van der Waals surface area contributed by atoms with E-state index < -0.39 is 11.2 Å². The molecule has 0 aliphatic carbocycles. The van der Waals surface area contributed by atoms with Gasteiger partial charge in [-0.15, -0.1) is 10.2 Å². The van der Waals surface area contributed by atoms with Crippen molar-refractivity contribution in [2.45, 2.75) is 44.1 Å². The lowest BCUT2D eigenvalue weighted by Gasteiger charge is -2.04. The molecular weight excluding hydrogens is 406 g/mol. The number of hydrogen-bond donors (Lipinski definition) is 1. The number of unbranched alkanes of at least 4 members (excludes halogenated alkanes) is 1. The zero-order valence-electron chi connectivity index (χ0n) is 17.3. The second-order valence-electron chi connectivity index (χ2n) is 7.07. The van der Waals surface area contributed by atoms with Crippen LogP contribution in [0, 0.1) is 6.92 Å². The maximum atomic E-state index is 12.4. The van der Waals surface area contributed by atoms with Crippen LogP contribution in [0.15, 0.2) is 31.5 Å². The molecule has 0 aromatic carbocycles. The highest BCUT2D eigenvalue weighted by atomic mass is 32.2. The van der Waals surface area contributed by atoms with Gasteiger partial charge in [0.05, 0.1) is 17.6 Å². The first kappa shape index (κ1) is 20.2. The van der Waals surface area contributed by atoms with Gasteiger partial charge in [-0.05, 0) is 19.4 Å². The molecule has 10 nitrogen and oxygen atoms in total. The van der Waals surface area contributed by atoms with Crippen molar-refractivity contribution >= 4 is 22.9 Å². The molecule has 0 unspecified atom stereocenters. The number of furan rings is 1. The second kappa shape index (κ2) is 7.98. The SMILES string of the molecule is CCCCn1c(=O)[nH]c(=O)c2c1nc(CSc1nnc(-c3ccoc3C)n1C)n2C. The molecule has 0 saturated heterocycles. The normalized spacial score (nSPS) is 11.6. The molecule has 4 rings (SSSR count). The largest absolute Gasteiger partial charge is 0.469 e. The summed E-state index contributed by atoms with van der Waals surface area (Å²) in [6.07, 6.45) is 3.39. The van der Waals surface area contributed by atoms with Crippen LogP contribution in [0.2, 0.25) is 0 Å². The van der Waals surface area contributed by atoms with Crippen molar-refractivity contribution in [2.24, 2.45) is 14.1 Å². The van der Waals surface area contributed by atoms with Crippen molar-refractivity contribution in [3.05, 3.63) is 44.8 Å². The zero-order valence-corrected chi connectivity index (χ0v) is 18.1. The fraction of sp³-hybridized carbons (Fsp3) is 0.421. The average Bonchev–Trinajstić information content (AvgIpc) is 3.38. The Balaban J connectivity index is 1.66. The van der Waals surface area contributed by atoms with Crippen LogP contribution < -0.4 is 11.2 Å². The van der Waals surface area contributed by atoms with Crippen molar-refractivity contribution in [2.75, 3.05) is 0 Å². The number of rotatable bonds is 7. The Morgan fingerprint density at radius 3 is 2.70 bits per heavy atom. The molecule has 4 aromatic rings. The lowest BCUT2D eigenvalue weighted by atomic mass is 10.2. The van der Waals surface area contributed by atoms with Gasteiger partial charge in [0.25, 0.3) is 5.56 Å². The summed E-state index contributed by atoms with van der Waals surface area (Å²) in [5.41, 5.74) is 0.861. The summed E-state index contributed by atoms with van der Waals surface area (Å²) in [6, 6.07) is 1.86. The monoisotopic (exact) mass is 429 g/mol. The highest BCUT2D eigenvalue weighted by molar-refractivity contribution is 7.98. The molecule has 0 atom stereocenters. The van der Waals surface area contributed by atoms with E-state index in [0.29, 0.717) is 29.3 Å². The van der Waals surface area contributed by atoms with Gasteiger partial charge in [-0.25, -0.2) is 9.78 Å². The first-order valence-corrected chi connectivity index (χ1v) is 10.7. The fourth-order valence-corrected chi connectivity index (χ4v) is 4.26. The molecule has 0 spiro atoms. The number of aryl methyl sites for hydroxylation is 3. The quantitative estimate of drug-likeness (QED) is 0.448. The number of aromatic amines is 1. The standard InChI is InChI=1S/C19H23N7O3S/c1-5-6-8-26-16-14(17(27)21-18(26)28)24(3)13(20-16)10-30-19-23-22-15(25(19)4)12-7-9-29-11(12)2/h7,9H,5-6,8,10H2,1-4H3,(H,21,27,28). The van der Waals surface area contributed by atoms with Crippen LogP contribution in [0.3, 0.4) is 0 Å². The first-order chi connectivity index (χ1) is 14.4. The highest BCUT2D eigenvalue weighted by Gasteiger charge is 2.19. The number of thioether (sulfide) groups is 1. The molecule has 30 heavy (non-hydrogen) atoms. The number of fused-ring (bicyclic) bond motifs is 1. The summed E-state index contributed by atoms with van der Waals surface area (Å²) in [4.78, 5) is 31.7. The van der Waals surface area contributed by atoms with E-state index in [9.17, 15) is 9.59 Å². The van der Waals surface area contributed by atoms with Crippen LogP contribution in [0.1, 0.15) is 31.4 Å². The Morgan fingerprint density at radius 2 is 2.00 bits per heavy atom. The fourth-order valence-electron chi connectivity index (χ4n) is 3.37. The summed E-state index contributed by atoms with van der Waals surface area (Å²) in [6.45, 7) is 4.45. The molecule has 0 aliphatic heterocycles. The zero-order chi connectivity index (χ0) is 21.4. The molecule has 0 aliphatic rings. The molecule has 0 saturated carbocycles. The summed E-state index contributed by atoms with van der Waals surface area (Å²) in [5, 5.41) is 9.27. The molecule has 1 N–H and O–H groups in total. The minimum atomic E-state index is -0.426. The van der Waals surface area contributed by atoms with E-state index >= 15 is 0 Å². The van der Waals surface area contributed by atoms with Crippen molar-refractivity contribution in [3.8, 4) is 11.4 Å². The van der Waals surface area contributed by atoms with Gasteiger partial charge in [0.2, 0.25) is 0 Å². The third kappa shape index (κ3) is 3.38. The topological polar surface area (TPSA) is 117 Å². The van der Waals surface area contributed by atoms with E-state index in [1.165, 1.54) is 16.3 Å². The number of imidazole rings is 1. The third-order valence-corrected chi connectivity index (χ3v) is 6.12. The second-order valence-corrected chi connectivity index (χ2v) is 8.01. The van der Waals surface area contributed by atoms with E-state index in [1.807, 2.05) is 24.6 Å². The van der Waals surface area contributed by atoms with E-state index in [4.69, 9.17) is 4.42 Å². The number of H-pyrrole nitrogens is 1. The minimum Gasteiger partial charge on any atom is -0.469 e. The van der Waals surface area contributed by atoms with E-state index in [2.05, 4.69) is 27.1 Å². The van der Waals surface area contributed by atoms with E-state index in [0.717, 1.165) is 35.1 Å². The van der Waals surface area contributed by atoms with Crippen LogP contribution in [0.4, 0.5) is 0 Å². The summed E-state index contributed by atoms with van der Waals surface area (Å²) in [7, 11) is 3.68. The minimum absolute atomic E-state index is 0.397. The van der Waals surface area contributed by atoms with Crippen molar-refractivity contribution in [1.82, 2.24) is 33.9 Å². The Labute approximate surface area is 176 Å². The van der Waals surface area contributed by atoms with Crippen LogP contribution in [0.5, 0.6) is 0 Å². The highest BCUT2D eigenvalue weighted by Crippen LogP contribution is 2.27. The maximum absolute atomic E-state index is 12.4. The van der Waals surface area contributed by atoms with Gasteiger partial charge in [0, 0.05) is 20.6 Å². The molecule has 11 heteroatoms. The number of nitrogens with zero attached hydrogens (tertiary/aromatic N) is 6. The summed E-state index contributed by atoms with van der Waals surface area (Å²) < 4.78 is 10.5. The van der Waals surface area contributed by atoms with Crippen LogP contribution >= 0.6 is 11.8 Å². The maximum Gasteiger partial charge on any atom is 0.330 e. The molecule has 4 aromatic heterocycles. The van der Waals surface area contributed by atoms with E-state index in [1.54, 1.807) is 17.9 Å². The molecule has 158 valence electrons. The molecule has 0 amide bonds. The average molecular weight is 430 g/mol. The third-order valence-electron chi connectivity index (χ3n) is 5.11. The Morgan fingerprint density at radius 1 is 1.20 bits per heavy atom. The molecule has 0 radical (unpaired) electrons. The molecule has 0 bridgehead atoms. The summed E-state index contributed by atoms with van der Waals surface area (Å²) >= 11 is 1.46. The van der Waals surface area contributed by atoms with Gasteiger partial charge < -0.3 is 13.6 Å². The van der Waals surface area contributed by atoms with Gasteiger partial charge >= 0.3 is 5.69 Å². The Kier molecular flexibility index (Phi) is 5.37. The van der Waals surface area contributed by atoms with E-state index in [-0.39, 0.29) is 0 Å². The Hall–Kier alpha value is -3.08. The van der Waals surface area contributed by atoms with Gasteiger partial charge in [0.1, 0.15) is 11.6 Å². The first-order valence-electron chi connectivity index (χ1n) is 9.67. The van der Waals surface area contributed by atoms with Crippen LogP contribution in [-0.4, -0.2) is 33.9 Å². The van der Waals surface area contributed by atoms with Gasteiger partial charge in [-0.3, -0.25) is 14.3 Å². The van der Waals surface area contributed by atoms with Crippen LogP contribution in [0.25, 0.3) is 22.6 Å². The summed E-state index contributed by atoms with van der Waals surface area (Å²) in [5.74, 6) is 2.66. The predicted octanol–water partition coefficient (Wildman–Crippen LogP) is 2.21. The smallest absolute Gasteiger partial charge is 0.330 e. The van der Waals surface area contributed by atoms with Crippen LogP contribution in [-0.2, 0) is 26.4 Å². The van der Waals surface area contributed by atoms with Gasteiger partial charge in [-0.1, -0.05) is 25.1 Å². The molecular formula is C19H23N7O3S. The van der Waals surface area contributed by atoms with Gasteiger partial charge in [-0.2, -0.15) is 0 Å². The number of hydrogen-bond acceptors (Lipinski definition) is 7. The Bertz CT molecular complexity index is 1320. The number of aromatic nitrogens is 7. The van der Waals surface area contributed by atoms with Gasteiger partial charge in [0.15, 0.2) is 22.1 Å². The van der Waals surface area contributed by atoms with Crippen molar-refractivity contribution < 1.29 is 4.42 Å². The lowest BCUT2D eigenvalue weighted by molar-refractivity contribution is 0.534. The number of nitrogens with one attached hydrogen (secondary N) is 1. The molecule has 0 fully saturated rings.